The van der Waals surface area contributed by atoms with Gasteiger partial charge in [-0.3, -0.25) is 0 Å². The lowest BCUT2D eigenvalue weighted by Gasteiger charge is -2.44. The van der Waals surface area contributed by atoms with E-state index in [4.69, 9.17) is 16.3 Å². The van der Waals surface area contributed by atoms with E-state index in [1.54, 1.807) is 7.11 Å². The van der Waals surface area contributed by atoms with E-state index in [1.807, 2.05) is 24.3 Å². The summed E-state index contributed by atoms with van der Waals surface area (Å²) in [5, 5.41) is 4.19. The van der Waals surface area contributed by atoms with Crippen LogP contribution >= 0.6 is 27.5 Å². The summed E-state index contributed by atoms with van der Waals surface area (Å²) < 4.78 is 6.47. The predicted octanol–water partition coefficient (Wildman–Crippen LogP) is 4.19. The predicted molar refractivity (Wildman–Crippen MR) is 90.4 cm³/mol. The third kappa shape index (κ3) is 2.96. The molecule has 110 valence electrons. The van der Waals surface area contributed by atoms with Gasteiger partial charge in [0.1, 0.15) is 5.75 Å². The molecule has 2 aromatic rings. The largest absolute Gasteiger partial charge is 0.497 e. The summed E-state index contributed by atoms with van der Waals surface area (Å²) >= 11 is 9.81. The summed E-state index contributed by atoms with van der Waals surface area (Å²) in [6.45, 7) is 1.94. The molecule has 0 bridgehead atoms. The molecule has 21 heavy (non-hydrogen) atoms. The summed E-state index contributed by atoms with van der Waals surface area (Å²) in [6, 6.07) is 14.3. The van der Waals surface area contributed by atoms with Crippen LogP contribution in [-0.4, -0.2) is 20.2 Å². The Kier molecular flexibility index (Phi) is 4.25. The average molecular weight is 367 g/mol. The molecule has 0 aromatic heterocycles. The van der Waals surface area contributed by atoms with Crippen LogP contribution < -0.4 is 10.1 Å². The fourth-order valence-corrected chi connectivity index (χ4v) is 3.43. The van der Waals surface area contributed by atoms with E-state index >= 15 is 0 Å². The Balaban J connectivity index is 1.94. The summed E-state index contributed by atoms with van der Waals surface area (Å²) in [7, 11) is 1.70. The highest BCUT2D eigenvalue weighted by atomic mass is 79.9. The summed E-state index contributed by atoms with van der Waals surface area (Å²) in [5.41, 5.74) is 2.67. The van der Waals surface area contributed by atoms with Gasteiger partial charge in [0.15, 0.2) is 0 Å². The number of nitrogens with one attached hydrogen (secondary N) is 1. The van der Waals surface area contributed by atoms with Crippen molar-refractivity contribution in [3.8, 4) is 5.75 Å². The average Bonchev–Trinajstić information content (AvgIpc) is 2.44. The first kappa shape index (κ1) is 14.9. The number of ether oxygens (including phenoxy) is 1. The molecular weight excluding hydrogens is 350 g/mol. The molecule has 2 aromatic carbocycles. The molecule has 1 N–H and O–H groups in total. The van der Waals surface area contributed by atoms with Crippen molar-refractivity contribution in [2.24, 2.45) is 0 Å². The van der Waals surface area contributed by atoms with E-state index in [0.717, 1.165) is 34.8 Å². The highest BCUT2D eigenvalue weighted by Gasteiger charge is 2.39. The minimum absolute atomic E-state index is 0.111. The van der Waals surface area contributed by atoms with Crippen molar-refractivity contribution in [1.82, 2.24) is 5.32 Å². The van der Waals surface area contributed by atoms with Crippen LogP contribution in [0.15, 0.2) is 46.9 Å². The second-order valence-electron chi connectivity index (χ2n) is 5.53. The molecule has 2 nitrogen and oxygen atoms in total. The Bertz CT molecular complexity index is 655. The lowest BCUT2D eigenvalue weighted by molar-refractivity contribution is 0.274. The molecule has 1 saturated heterocycles. The van der Waals surface area contributed by atoms with Gasteiger partial charge in [0.2, 0.25) is 0 Å². The lowest BCUT2D eigenvalue weighted by Crippen LogP contribution is -2.58. The van der Waals surface area contributed by atoms with Crippen molar-refractivity contribution in [3.05, 3.63) is 63.1 Å². The molecule has 1 aliphatic rings. The molecule has 0 atom stereocenters. The number of halogens is 2. The SMILES string of the molecule is COc1ccc(Br)c(CC2(c3cccc(Cl)c3)CNC2)c1. The zero-order valence-corrected chi connectivity index (χ0v) is 14.2. The Hall–Kier alpha value is -1.03. The topological polar surface area (TPSA) is 21.3 Å². The third-order valence-electron chi connectivity index (χ3n) is 4.15. The van der Waals surface area contributed by atoms with Crippen LogP contribution in [0.2, 0.25) is 5.02 Å². The van der Waals surface area contributed by atoms with Crippen molar-refractivity contribution >= 4 is 27.5 Å². The first-order chi connectivity index (χ1) is 10.1. The van der Waals surface area contributed by atoms with Crippen molar-refractivity contribution in [3.63, 3.8) is 0 Å². The van der Waals surface area contributed by atoms with Crippen LogP contribution in [0, 0.1) is 0 Å². The second kappa shape index (κ2) is 5.99. The van der Waals surface area contributed by atoms with Gasteiger partial charge in [-0.05, 0) is 47.9 Å². The van der Waals surface area contributed by atoms with Gasteiger partial charge < -0.3 is 10.1 Å². The molecule has 0 aliphatic carbocycles. The quantitative estimate of drug-likeness (QED) is 0.876. The first-order valence-electron chi connectivity index (χ1n) is 6.92. The molecule has 0 spiro atoms. The Morgan fingerprint density at radius 2 is 2.05 bits per heavy atom. The van der Waals surface area contributed by atoms with E-state index < -0.39 is 0 Å². The highest BCUT2D eigenvalue weighted by molar-refractivity contribution is 9.10. The van der Waals surface area contributed by atoms with Crippen molar-refractivity contribution in [2.75, 3.05) is 20.2 Å². The molecular formula is C17H17BrClNO. The van der Waals surface area contributed by atoms with E-state index in [9.17, 15) is 0 Å². The summed E-state index contributed by atoms with van der Waals surface area (Å²) in [5.74, 6) is 0.890. The number of rotatable bonds is 4. The van der Waals surface area contributed by atoms with Gasteiger partial charge in [-0.15, -0.1) is 0 Å². The molecule has 0 radical (unpaired) electrons. The summed E-state index contributed by atoms with van der Waals surface area (Å²) in [4.78, 5) is 0. The van der Waals surface area contributed by atoms with Crippen LogP contribution in [0.4, 0.5) is 0 Å². The molecule has 0 saturated carbocycles. The lowest BCUT2D eigenvalue weighted by atomic mass is 9.71. The fraction of sp³-hybridized carbons (Fsp3) is 0.294. The Morgan fingerprint density at radius 1 is 1.24 bits per heavy atom. The smallest absolute Gasteiger partial charge is 0.119 e. The third-order valence-corrected chi connectivity index (χ3v) is 5.15. The van der Waals surface area contributed by atoms with Gasteiger partial charge in [-0.25, -0.2) is 0 Å². The number of methoxy groups -OCH3 is 1. The van der Waals surface area contributed by atoms with Crippen LogP contribution in [-0.2, 0) is 11.8 Å². The Morgan fingerprint density at radius 3 is 2.67 bits per heavy atom. The van der Waals surface area contributed by atoms with Gasteiger partial charge >= 0.3 is 0 Å². The molecule has 1 aliphatic heterocycles. The Labute approximate surface area is 138 Å². The molecule has 0 unspecified atom stereocenters. The minimum Gasteiger partial charge on any atom is -0.497 e. The maximum atomic E-state index is 6.16. The van der Waals surface area contributed by atoms with Crippen LogP contribution in [0.1, 0.15) is 11.1 Å². The molecule has 1 heterocycles. The maximum Gasteiger partial charge on any atom is 0.119 e. The molecule has 4 heteroatoms. The summed E-state index contributed by atoms with van der Waals surface area (Å²) in [6.07, 6.45) is 0.956. The van der Waals surface area contributed by atoms with Gasteiger partial charge in [-0.1, -0.05) is 39.7 Å². The van der Waals surface area contributed by atoms with E-state index in [-0.39, 0.29) is 5.41 Å². The number of benzene rings is 2. The monoisotopic (exact) mass is 365 g/mol. The molecule has 0 amide bonds. The van der Waals surface area contributed by atoms with Crippen molar-refractivity contribution in [1.29, 1.82) is 0 Å². The van der Waals surface area contributed by atoms with E-state index in [1.165, 1.54) is 11.1 Å². The number of hydrogen-bond donors (Lipinski definition) is 1. The maximum absolute atomic E-state index is 6.16. The van der Waals surface area contributed by atoms with Crippen LogP contribution in [0.25, 0.3) is 0 Å². The van der Waals surface area contributed by atoms with Crippen molar-refractivity contribution < 1.29 is 4.74 Å². The minimum atomic E-state index is 0.111. The highest BCUT2D eigenvalue weighted by Crippen LogP contribution is 2.36. The zero-order chi connectivity index (χ0) is 14.9. The van der Waals surface area contributed by atoms with Crippen LogP contribution in [0.3, 0.4) is 0 Å². The van der Waals surface area contributed by atoms with Crippen molar-refractivity contribution in [2.45, 2.75) is 11.8 Å². The van der Waals surface area contributed by atoms with E-state index in [0.29, 0.717) is 0 Å². The van der Waals surface area contributed by atoms with Crippen LogP contribution in [0.5, 0.6) is 5.75 Å². The van der Waals surface area contributed by atoms with Gasteiger partial charge in [0.05, 0.1) is 7.11 Å². The van der Waals surface area contributed by atoms with E-state index in [2.05, 4.69) is 39.4 Å². The second-order valence-corrected chi connectivity index (χ2v) is 6.82. The molecule has 3 rings (SSSR count). The van der Waals surface area contributed by atoms with Gasteiger partial charge in [0, 0.05) is 28.0 Å². The molecule has 1 fully saturated rings. The standard InChI is InChI=1S/C17H17BrClNO/c1-21-15-5-6-16(18)12(7-15)9-17(10-20-11-17)13-3-2-4-14(19)8-13/h2-8,20H,9-11H2,1H3. The first-order valence-corrected chi connectivity index (χ1v) is 8.09. The van der Waals surface area contributed by atoms with Gasteiger partial charge in [-0.2, -0.15) is 0 Å². The number of hydrogen-bond acceptors (Lipinski definition) is 2. The normalized spacial score (nSPS) is 16.3. The zero-order valence-electron chi connectivity index (χ0n) is 11.8. The fourth-order valence-electron chi connectivity index (χ4n) is 2.85. The van der Waals surface area contributed by atoms with Gasteiger partial charge in [0.25, 0.3) is 0 Å².